The molecule has 15 heavy (non-hydrogen) atoms. The Morgan fingerprint density at radius 3 is 1.80 bits per heavy atom. The Kier molecular flexibility index (Phi) is 3.87. The molecule has 0 heterocycles. The van der Waals surface area contributed by atoms with Gasteiger partial charge in [-0.25, -0.2) is 0 Å². The molecule has 0 nitrogen and oxygen atoms in total. The molecule has 0 amide bonds. The van der Waals surface area contributed by atoms with Gasteiger partial charge in [0.05, 0.1) is 0 Å². The fourth-order valence-corrected chi connectivity index (χ4v) is 1.61. The highest BCUT2D eigenvalue weighted by Crippen LogP contribution is 2.24. The predicted molar refractivity (Wildman–Crippen MR) is 71.4 cm³/mol. The van der Waals surface area contributed by atoms with Crippen LogP contribution < -0.4 is 0 Å². The molecule has 0 aromatic heterocycles. The Balaban J connectivity index is 3.57. The molecule has 0 bridgehead atoms. The van der Waals surface area contributed by atoms with Crippen LogP contribution in [-0.2, 0) is 0 Å². The fourth-order valence-electron chi connectivity index (χ4n) is 1.61. The van der Waals surface area contributed by atoms with E-state index in [1.54, 1.807) is 0 Å². The van der Waals surface area contributed by atoms with E-state index < -0.39 is 0 Å². The Hall–Kier alpha value is -1.82. The maximum atomic E-state index is 3.84. The van der Waals surface area contributed by atoms with Crippen molar-refractivity contribution in [3.05, 3.63) is 60.2 Å². The maximum Gasteiger partial charge on any atom is -0.0109 e. The van der Waals surface area contributed by atoms with Gasteiger partial charge in [0.15, 0.2) is 0 Å². The highest BCUT2D eigenvalue weighted by Gasteiger charge is 2.04. The summed E-state index contributed by atoms with van der Waals surface area (Å²) >= 11 is 0. The van der Waals surface area contributed by atoms with E-state index >= 15 is 0 Å². The summed E-state index contributed by atoms with van der Waals surface area (Å²) in [6.07, 6.45) is 9.65. The zero-order valence-corrected chi connectivity index (χ0v) is 9.16. The van der Waals surface area contributed by atoms with Crippen LogP contribution in [0.15, 0.2) is 37.9 Å². The van der Waals surface area contributed by atoms with Gasteiger partial charge in [-0.05, 0) is 29.2 Å². The van der Waals surface area contributed by atoms with E-state index in [1.165, 1.54) is 0 Å². The third-order valence-electron chi connectivity index (χ3n) is 2.33. The summed E-state index contributed by atoms with van der Waals surface area (Å²) in [6, 6.07) is 4.08. The third-order valence-corrected chi connectivity index (χ3v) is 2.33. The van der Waals surface area contributed by atoms with Crippen LogP contribution in [0.3, 0.4) is 0 Å². The maximum absolute atomic E-state index is 3.84. The lowest BCUT2D eigenvalue weighted by molar-refractivity contribution is 1.54. The van der Waals surface area contributed by atoms with E-state index in [4.69, 9.17) is 0 Å². The fraction of sp³-hybridized carbons (Fsp3) is 0.0667. The molecule has 0 saturated carbocycles. The second kappa shape index (κ2) is 5.16. The van der Waals surface area contributed by atoms with Gasteiger partial charge in [-0.3, -0.25) is 0 Å². The van der Waals surface area contributed by atoms with Gasteiger partial charge in [-0.2, -0.15) is 0 Å². The lowest BCUT2D eigenvalue weighted by atomic mass is 9.95. The van der Waals surface area contributed by atoms with Gasteiger partial charge >= 0.3 is 0 Å². The largest absolute Gasteiger partial charge is 0.0984 e. The molecule has 0 spiro atoms. The minimum Gasteiger partial charge on any atom is -0.0984 e. The topological polar surface area (TPSA) is 0 Å². The minimum absolute atomic E-state index is 1.10. The van der Waals surface area contributed by atoms with Gasteiger partial charge in [-0.1, -0.05) is 62.2 Å². The molecule has 1 rings (SSSR count). The highest BCUT2D eigenvalue weighted by atomic mass is 14.1. The normalized spacial score (nSPS) is 10.2. The van der Waals surface area contributed by atoms with Crippen molar-refractivity contribution in [1.82, 2.24) is 0 Å². The van der Waals surface area contributed by atoms with Gasteiger partial charge in [-0.15, -0.1) is 0 Å². The van der Waals surface area contributed by atoms with Crippen molar-refractivity contribution in [2.75, 3.05) is 0 Å². The Bertz CT molecular complexity index is 420. The molecule has 0 N–H and O–H groups in total. The molecule has 0 unspecified atom stereocenters. The Labute approximate surface area is 92.0 Å². The molecule has 76 valence electrons. The second-order valence-electron chi connectivity index (χ2n) is 3.18. The number of hydrogen-bond donors (Lipinski definition) is 0. The van der Waals surface area contributed by atoms with E-state index in [2.05, 4.69) is 25.8 Å². The van der Waals surface area contributed by atoms with Gasteiger partial charge in [0.2, 0.25) is 0 Å². The molecule has 0 radical (unpaired) electrons. The van der Waals surface area contributed by atoms with E-state index in [9.17, 15) is 0 Å². The summed E-state index contributed by atoms with van der Waals surface area (Å²) in [5, 5.41) is 0. The molecule has 1 aromatic rings. The molecular weight excluding hydrogens is 180 g/mol. The number of allylic oxidation sites excluding steroid dienone is 1. The quantitative estimate of drug-likeness (QED) is 0.657. The number of hydrogen-bond acceptors (Lipinski definition) is 0. The van der Waals surface area contributed by atoms with Crippen LogP contribution in [0, 0.1) is 0 Å². The molecule has 0 fully saturated rings. The molecule has 0 aliphatic heterocycles. The van der Waals surface area contributed by atoms with Gasteiger partial charge in [0, 0.05) is 0 Å². The summed E-state index contributed by atoms with van der Waals surface area (Å²) in [5.41, 5.74) is 4.48. The molecular formula is C15H16. The Morgan fingerprint density at radius 2 is 1.40 bits per heavy atom. The van der Waals surface area contributed by atoms with Crippen molar-refractivity contribution < 1.29 is 0 Å². The van der Waals surface area contributed by atoms with Crippen LogP contribution in [-0.4, -0.2) is 0 Å². The molecule has 0 saturated heterocycles. The first kappa shape index (κ1) is 11.3. The van der Waals surface area contributed by atoms with Crippen LogP contribution in [0.5, 0.6) is 0 Å². The van der Waals surface area contributed by atoms with E-state index in [0.29, 0.717) is 0 Å². The van der Waals surface area contributed by atoms with Crippen molar-refractivity contribution in [3.63, 3.8) is 0 Å². The first-order valence-electron chi connectivity index (χ1n) is 4.95. The summed E-state index contributed by atoms with van der Waals surface area (Å²) in [7, 11) is 0. The number of rotatable bonds is 4. The van der Waals surface area contributed by atoms with Crippen LogP contribution in [0.1, 0.15) is 29.2 Å². The highest BCUT2D eigenvalue weighted by molar-refractivity contribution is 5.78. The average Bonchev–Trinajstić information content (AvgIpc) is 2.28. The van der Waals surface area contributed by atoms with Crippen LogP contribution in [0.25, 0.3) is 24.3 Å². The smallest absolute Gasteiger partial charge is 0.0109 e. The summed E-state index contributed by atoms with van der Waals surface area (Å²) < 4.78 is 0. The summed E-state index contributed by atoms with van der Waals surface area (Å²) in [5.74, 6) is 0. The SMILES string of the molecule is C=Cc1ccc(C=C)c(/C=C\C)c1C=C. The molecule has 0 atom stereocenters. The summed E-state index contributed by atoms with van der Waals surface area (Å²) in [6.45, 7) is 13.5. The van der Waals surface area contributed by atoms with E-state index in [-0.39, 0.29) is 0 Å². The van der Waals surface area contributed by atoms with Crippen LogP contribution in [0.4, 0.5) is 0 Å². The van der Waals surface area contributed by atoms with Crippen LogP contribution >= 0.6 is 0 Å². The molecule has 1 aromatic carbocycles. The lowest BCUT2D eigenvalue weighted by Gasteiger charge is -2.09. The molecule has 0 heteroatoms. The molecule has 0 aliphatic carbocycles. The predicted octanol–water partition coefficient (Wildman–Crippen LogP) is 4.65. The van der Waals surface area contributed by atoms with E-state index in [1.807, 2.05) is 43.4 Å². The average molecular weight is 196 g/mol. The Morgan fingerprint density at radius 1 is 0.867 bits per heavy atom. The lowest BCUT2D eigenvalue weighted by Crippen LogP contribution is -1.90. The first-order valence-corrected chi connectivity index (χ1v) is 4.95. The van der Waals surface area contributed by atoms with Crippen molar-refractivity contribution in [2.24, 2.45) is 0 Å². The summed E-state index contributed by atoms with van der Waals surface area (Å²) in [4.78, 5) is 0. The van der Waals surface area contributed by atoms with Gasteiger partial charge < -0.3 is 0 Å². The zero-order valence-electron chi connectivity index (χ0n) is 9.16. The zero-order chi connectivity index (χ0) is 11.3. The standard InChI is InChI=1S/C15H16/c1-5-9-15-13(7-3)11-10-12(6-2)14(15)8-4/h5-11H,2-4H2,1H3/b9-5-. The van der Waals surface area contributed by atoms with Crippen LogP contribution in [0.2, 0.25) is 0 Å². The van der Waals surface area contributed by atoms with E-state index in [0.717, 1.165) is 22.3 Å². The second-order valence-corrected chi connectivity index (χ2v) is 3.18. The van der Waals surface area contributed by atoms with Gasteiger partial charge in [0.1, 0.15) is 0 Å². The third kappa shape index (κ3) is 2.16. The van der Waals surface area contributed by atoms with Gasteiger partial charge in [0.25, 0.3) is 0 Å². The van der Waals surface area contributed by atoms with Crippen molar-refractivity contribution in [2.45, 2.75) is 6.92 Å². The molecule has 0 aliphatic rings. The minimum atomic E-state index is 1.10. The van der Waals surface area contributed by atoms with Crippen molar-refractivity contribution >= 4 is 24.3 Å². The van der Waals surface area contributed by atoms with Crippen molar-refractivity contribution in [3.8, 4) is 0 Å². The first-order chi connectivity index (χ1) is 7.28. The monoisotopic (exact) mass is 196 g/mol. The number of benzene rings is 1. The van der Waals surface area contributed by atoms with Crippen molar-refractivity contribution in [1.29, 1.82) is 0 Å².